The van der Waals surface area contributed by atoms with Crippen LogP contribution >= 0.6 is 11.8 Å². The second-order valence-corrected chi connectivity index (χ2v) is 6.67. The van der Waals surface area contributed by atoms with Crippen LogP contribution in [0, 0.1) is 11.8 Å². The van der Waals surface area contributed by atoms with Gasteiger partial charge in [-0.3, -0.25) is 0 Å². The first-order valence-corrected chi connectivity index (χ1v) is 7.38. The standard InChI is InChI=1S/C12H24N2S/c1-10-8-14(5-6-15-10)9-12-4-2-3-11(12)7-13/h10-12H,2-9,13H2,1H3. The Bertz CT molecular complexity index is 198. The first-order valence-electron chi connectivity index (χ1n) is 6.33. The van der Waals surface area contributed by atoms with E-state index in [0.717, 1.165) is 23.6 Å². The monoisotopic (exact) mass is 228 g/mol. The molecule has 0 amide bonds. The number of nitrogens with two attached hydrogens (primary N) is 1. The molecule has 3 unspecified atom stereocenters. The average Bonchev–Trinajstić information content (AvgIpc) is 2.65. The van der Waals surface area contributed by atoms with Crippen molar-refractivity contribution in [3.63, 3.8) is 0 Å². The van der Waals surface area contributed by atoms with Crippen molar-refractivity contribution in [1.29, 1.82) is 0 Å². The molecule has 1 saturated carbocycles. The fraction of sp³-hybridized carbons (Fsp3) is 1.00. The molecular formula is C12H24N2S. The van der Waals surface area contributed by atoms with Crippen molar-refractivity contribution < 1.29 is 0 Å². The summed E-state index contributed by atoms with van der Waals surface area (Å²) in [6.07, 6.45) is 4.20. The fourth-order valence-corrected chi connectivity index (χ4v) is 4.13. The maximum absolute atomic E-state index is 5.83. The maximum Gasteiger partial charge on any atom is 0.0147 e. The van der Waals surface area contributed by atoms with E-state index < -0.39 is 0 Å². The summed E-state index contributed by atoms with van der Waals surface area (Å²) < 4.78 is 0. The molecule has 3 atom stereocenters. The Morgan fingerprint density at radius 3 is 2.87 bits per heavy atom. The van der Waals surface area contributed by atoms with Crippen molar-refractivity contribution in [2.75, 3.05) is 31.9 Å². The summed E-state index contributed by atoms with van der Waals surface area (Å²) in [5.41, 5.74) is 5.83. The highest BCUT2D eigenvalue weighted by Crippen LogP contribution is 2.32. The van der Waals surface area contributed by atoms with Crippen molar-refractivity contribution in [2.45, 2.75) is 31.4 Å². The van der Waals surface area contributed by atoms with Gasteiger partial charge in [0.1, 0.15) is 0 Å². The van der Waals surface area contributed by atoms with Crippen molar-refractivity contribution in [3.05, 3.63) is 0 Å². The predicted molar refractivity (Wildman–Crippen MR) is 68.2 cm³/mol. The van der Waals surface area contributed by atoms with Crippen molar-refractivity contribution in [2.24, 2.45) is 17.6 Å². The lowest BCUT2D eigenvalue weighted by Gasteiger charge is -2.33. The normalized spacial score (nSPS) is 38.4. The second kappa shape index (κ2) is 5.55. The summed E-state index contributed by atoms with van der Waals surface area (Å²) in [4.78, 5) is 2.67. The highest BCUT2D eigenvalue weighted by atomic mass is 32.2. The molecule has 1 aliphatic carbocycles. The van der Waals surface area contributed by atoms with E-state index in [1.54, 1.807) is 0 Å². The molecule has 1 saturated heterocycles. The molecule has 2 aliphatic rings. The zero-order chi connectivity index (χ0) is 10.7. The summed E-state index contributed by atoms with van der Waals surface area (Å²) in [7, 11) is 0. The van der Waals surface area contributed by atoms with Crippen molar-refractivity contribution in [3.8, 4) is 0 Å². The van der Waals surface area contributed by atoms with Gasteiger partial charge < -0.3 is 10.6 Å². The number of hydrogen-bond acceptors (Lipinski definition) is 3. The van der Waals surface area contributed by atoms with E-state index in [-0.39, 0.29) is 0 Å². The van der Waals surface area contributed by atoms with Crippen LogP contribution in [0.25, 0.3) is 0 Å². The van der Waals surface area contributed by atoms with Gasteiger partial charge in [0.2, 0.25) is 0 Å². The molecule has 2 fully saturated rings. The second-order valence-electron chi connectivity index (χ2n) is 5.13. The Hall–Kier alpha value is 0.270. The van der Waals surface area contributed by atoms with Gasteiger partial charge in [-0.1, -0.05) is 13.3 Å². The Morgan fingerprint density at radius 2 is 2.13 bits per heavy atom. The van der Waals surface area contributed by atoms with E-state index in [0.29, 0.717) is 0 Å². The summed E-state index contributed by atoms with van der Waals surface area (Å²) in [5.74, 6) is 3.03. The SMILES string of the molecule is CC1CN(CC2CCCC2CN)CCS1. The van der Waals surface area contributed by atoms with E-state index in [1.807, 2.05) is 0 Å². The number of nitrogens with zero attached hydrogens (tertiary/aromatic N) is 1. The van der Waals surface area contributed by atoms with Crippen LogP contribution in [-0.4, -0.2) is 42.1 Å². The first-order chi connectivity index (χ1) is 7.29. The van der Waals surface area contributed by atoms with Gasteiger partial charge in [0.25, 0.3) is 0 Å². The smallest absolute Gasteiger partial charge is 0.0147 e. The number of hydrogen-bond donors (Lipinski definition) is 1. The third-order valence-corrected chi connectivity index (χ3v) is 5.07. The lowest BCUT2D eigenvalue weighted by Crippen LogP contribution is -2.41. The molecule has 1 aliphatic heterocycles. The van der Waals surface area contributed by atoms with Crippen LogP contribution in [0.4, 0.5) is 0 Å². The third kappa shape index (κ3) is 3.11. The maximum atomic E-state index is 5.83. The summed E-state index contributed by atoms with van der Waals surface area (Å²) in [6.45, 7) is 7.16. The summed E-state index contributed by atoms with van der Waals surface area (Å²) in [5, 5.41) is 0.830. The number of rotatable bonds is 3. The molecule has 15 heavy (non-hydrogen) atoms. The van der Waals surface area contributed by atoms with Gasteiger partial charge in [-0.05, 0) is 31.2 Å². The zero-order valence-corrected chi connectivity index (χ0v) is 10.6. The van der Waals surface area contributed by atoms with Gasteiger partial charge >= 0.3 is 0 Å². The van der Waals surface area contributed by atoms with E-state index in [1.165, 1.54) is 44.6 Å². The first kappa shape index (κ1) is 11.7. The minimum absolute atomic E-state index is 0.815. The molecule has 3 heteroatoms. The quantitative estimate of drug-likeness (QED) is 0.799. The van der Waals surface area contributed by atoms with Gasteiger partial charge in [-0.25, -0.2) is 0 Å². The molecule has 0 aromatic heterocycles. The van der Waals surface area contributed by atoms with Gasteiger partial charge in [0.15, 0.2) is 0 Å². The third-order valence-electron chi connectivity index (χ3n) is 3.94. The van der Waals surface area contributed by atoms with Crippen LogP contribution in [0.1, 0.15) is 26.2 Å². The molecule has 1 heterocycles. The Kier molecular flexibility index (Phi) is 4.35. The largest absolute Gasteiger partial charge is 0.330 e. The molecule has 0 bridgehead atoms. The minimum atomic E-state index is 0.815. The molecule has 0 aromatic rings. The van der Waals surface area contributed by atoms with Crippen LogP contribution in [0.15, 0.2) is 0 Å². The molecular weight excluding hydrogens is 204 g/mol. The summed E-state index contributed by atoms with van der Waals surface area (Å²) >= 11 is 2.12. The van der Waals surface area contributed by atoms with E-state index in [9.17, 15) is 0 Å². The Labute approximate surface area is 98.0 Å². The molecule has 88 valence electrons. The molecule has 2 N–H and O–H groups in total. The van der Waals surface area contributed by atoms with E-state index in [2.05, 4.69) is 23.6 Å². The van der Waals surface area contributed by atoms with Crippen LogP contribution in [0.5, 0.6) is 0 Å². The lowest BCUT2D eigenvalue weighted by molar-refractivity contribution is 0.214. The lowest BCUT2D eigenvalue weighted by atomic mass is 9.95. The Morgan fingerprint density at radius 1 is 1.33 bits per heavy atom. The predicted octanol–water partition coefficient (Wildman–Crippen LogP) is 1.80. The fourth-order valence-electron chi connectivity index (χ4n) is 3.05. The van der Waals surface area contributed by atoms with Gasteiger partial charge in [0, 0.05) is 30.6 Å². The molecule has 2 nitrogen and oxygen atoms in total. The van der Waals surface area contributed by atoms with Crippen LogP contribution in [-0.2, 0) is 0 Å². The average molecular weight is 228 g/mol. The van der Waals surface area contributed by atoms with E-state index in [4.69, 9.17) is 5.73 Å². The molecule has 0 spiro atoms. The van der Waals surface area contributed by atoms with E-state index >= 15 is 0 Å². The topological polar surface area (TPSA) is 29.3 Å². The Balaban J connectivity index is 1.80. The van der Waals surface area contributed by atoms with Crippen molar-refractivity contribution in [1.82, 2.24) is 4.90 Å². The zero-order valence-electron chi connectivity index (χ0n) is 9.82. The number of thioether (sulfide) groups is 1. The molecule has 2 rings (SSSR count). The highest BCUT2D eigenvalue weighted by Gasteiger charge is 2.28. The summed E-state index contributed by atoms with van der Waals surface area (Å²) in [6, 6.07) is 0. The highest BCUT2D eigenvalue weighted by molar-refractivity contribution is 7.99. The van der Waals surface area contributed by atoms with Crippen LogP contribution in [0.2, 0.25) is 0 Å². The minimum Gasteiger partial charge on any atom is -0.330 e. The van der Waals surface area contributed by atoms with Gasteiger partial charge in [-0.15, -0.1) is 0 Å². The van der Waals surface area contributed by atoms with Crippen molar-refractivity contribution >= 4 is 11.8 Å². The van der Waals surface area contributed by atoms with Gasteiger partial charge in [-0.2, -0.15) is 11.8 Å². The van der Waals surface area contributed by atoms with Gasteiger partial charge in [0.05, 0.1) is 0 Å². The van der Waals surface area contributed by atoms with Crippen LogP contribution < -0.4 is 5.73 Å². The van der Waals surface area contributed by atoms with Crippen LogP contribution in [0.3, 0.4) is 0 Å². The molecule has 0 radical (unpaired) electrons. The molecule has 0 aromatic carbocycles.